The van der Waals surface area contributed by atoms with Crippen molar-refractivity contribution in [1.29, 1.82) is 0 Å². The summed E-state index contributed by atoms with van der Waals surface area (Å²) in [5, 5.41) is 10.0. The molecule has 1 N–H and O–H groups in total. The Morgan fingerprint density at radius 3 is 2.80 bits per heavy atom. The van der Waals surface area contributed by atoms with Crippen molar-refractivity contribution in [3.63, 3.8) is 0 Å². The van der Waals surface area contributed by atoms with E-state index in [4.69, 9.17) is 16.3 Å². The highest BCUT2D eigenvalue weighted by Gasteiger charge is 2.27. The molecule has 1 atom stereocenters. The summed E-state index contributed by atoms with van der Waals surface area (Å²) in [5.74, 6) is 0.952. The molecule has 0 aliphatic carbocycles. The van der Waals surface area contributed by atoms with Crippen molar-refractivity contribution in [2.75, 3.05) is 19.7 Å². The van der Waals surface area contributed by atoms with Gasteiger partial charge in [0.15, 0.2) is 0 Å². The highest BCUT2D eigenvalue weighted by atomic mass is 35.5. The molecule has 1 unspecified atom stereocenters. The molecule has 0 aromatic heterocycles. The van der Waals surface area contributed by atoms with Crippen LogP contribution in [-0.4, -0.2) is 41.8 Å². The Balaban J connectivity index is 1.99. The number of hydrogen-bond donors (Lipinski definition) is 1. The average molecular weight is 298 g/mol. The number of nitrogens with zero attached hydrogens (tertiary/aromatic N) is 1. The van der Waals surface area contributed by atoms with Crippen LogP contribution in [-0.2, 0) is 6.42 Å². The van der Waals surface area contributed by atoms with Gasteiger partial charge in [0, 0.05) is 30.6 Å². The van der Waals surface area contributed by atoms with E-state index in [2.05, 4.69) is 18.7 Å². The number of halogens is 1. The van der Waals surface area contributed by atoms with Crippen LogP contribution < -0.4 is 4.74 Å². The normalized spacial score (nSPS) is 17.6. The van der Waals surface area contributed by atoms with Gasteiger partial charge in [-0.15, -0.1) is 0 Å². The molecule has 1 heterocycles. The molecule has 0 spiro atoms. The van der Waals surface area contributed by atoms with E-state index < -0.39 is 0 Å². The minimum absolute atomic E-state index is 0.163. The number of ether oxygens (including phenoxy) is 1. The highest BCUT2D eigenvalue weighted by molar-refractivity contribution is 6.30. The monoisotopic (exact) mass is 297 g/mol. The van der Waals surface area contributed by atoms with Crippen LogP contribution in [0.5, 0.6) is 5.75 Å². The Bertz CT molecular complexity index is 434. The molecule has 112 valence electrons. The fraction of sp³-hybridized carbons (Fsp3) is 0.625. The lowest BCUT2D eigenvalue weighted by Crippen LogP contribution is -2.43. The first-order valence-electron chi connectivity index (χ1n) is 7.47. The summed E-state index contributed by atoms with van der Waals surface area (Å²) in [4.78, 5) is 2.35. The zero-order chi connectivity index (χ0) is 14.5. The van der Waals surface area contributed by atoms with Crippen LogP contribution in [0.15, 0.2) is 18.2 Å². The first-order chi connectivity index (χ1) is 9.67. The van der Waals surface area contributed by atoms with E-state index >= 15 is 0 Å². The largest absolute Gasteiger partial charge is 0.488 e. The topological polar surface area (TPSA) is 32.7 Å². The third kappa shape index (κ3) is 3.66. The summed E-state index contributed by atoms with van der Waals surface area (Å²) in [6.45, 7) is 6.16. The molecule has 0 fully saturated rings. The van der Waals surface area contributed by atoms with E-state index in [0.29, 0.717) is 12.6 Å². The third-order valence-corrected chi connectivity index (χ3v) is 4.28. The molecule has 2 rings (SSSR count). The van der Waals surface area contributed by atoms with E-state index in [1.807, 2.05) is 18.2 Å². The SMILES string of the molecule is CCC(CC)N(CCO)CC1Cc2cc(Cl)ccc2O1. The van der Waals surface area contributed by atoms with E-state index in [0.717, 1.165) is 36.6 Å². The van der Waals surface area contributed by atoms with Crippen molar-refractivity contribution in [2.24, 2.45) is 0 Å². The molecular weight excluding hydrogens is 274 g/mol. The van der Waals surface area contributed by atoms with Gasteiger partial charge in [0.05, 0.1) is 6.61 Å². The van der Waals surface area contributed by atoms with Crippen LogP contribution in [0.25, 0.3) is 0 Å². The maximum absolute atomic E-state index is 9.26. The second-order valence-corrected chi connectivity index (χ2v) is 5.82. The van der Waals surface area contributed by atoms with Crippen LogP contribution in [0.3, 0.4) is 0 Å². The maximum Gasteiger partial charge on any atom is 0.123 e. The molecule has 0 saturated heterocycles. The minimum Gasteiger partial charge on any atom is -0.488 e. The van der Waals surface area contributed by atoms with Gasteiger partial charge in [-0.25, -0.2) is 0 Å². The van der Waals surface area contributed by atoms with Gasteiger partial charge >= 0.3 is 0 Å². The Labute approximate surface area is 126 Å². The van der Waals surface area contributed by atoms with Gasteiger partial charge in [-0.3, -0.25) is 4.90 Å². The lowest BCUT2D eigenvalue weighted by atomic mass is 10.1. The fourth-order valence-corrected chi connectivity index (χ4v) is 3.20. The quantitative estimate of drug-likeness (QED) is 0.839. The van der Waals surface area contributed by atoms with Crippen molar-refractivity contribution < 1.29 is 9.84 Å². The van der Waals surface area contributed by atoms with Gasteiger partial charge in [0.2, 0.25) is 0 Å². The van der Waals surface area contributed by atoms with E-state index in [-0.39, 0.29) is 12.7 Å². The van der Waals surface area contributed by atoms with E-state index in [9.17, 15) is 5.11 Å². The second kappa shape index (κ2) is 7.30. The Hall–Kier alpha value is -0.770. The molecule has 0 saturated carbocycles. The zero-order valence-electron chi connectivity index (χ0n) is 12.3. The number of aliphatic hydroxyl groups excluding tert-OH is 1. The second-order valence-electron chi connectivity index (χ2n) is 5.38. The summed E-state index contributed by atoms with van der Waals surface area (Å²) >= 11 is 6.02. The van der Waals surface area contributed by atoms with Crippen LogP contribution in [0, 0.1) is 0 Å². The third-order valence-electron chi connectivity index (χ3n) is 4.05. The van der Waals surface area contributed by atoms with Gasteiger partial charge in [0.25, 0.3) is 0 Å². The molecule has 3 nitrogen and oxygen atoms in total. The highest BCUT2D eigenvalue weighted by Crippen LogP contribution is 2.31. The Morgan fingerprint density at radius 2 is 2.15 bits per heavy atom. The molecule has 0 amide bonds. The first-order valence-corrected chi connectivity index (χ1v) is 7.85. The minimum atomic E-state index is 0.163. The maximum atomic E-state index is 9.26. The number of hydrogen-bond acceptors (Lipinski definition) is 3. The molecule has 1 aromatic rings. The van der Waals surface area contributed by atoms with Crippen LogP contribution >= 0.6 is 11.6 Å². The fourth-order valence-electron chi connectivity index (χ4n) is 3.01. The summed E-state index contributed by atoms with van der Waals surface area (Å²) in [7, 11) is 0. The lowest BCUT2D eigenvalue weighted by Gasteiger charge is -2.31. The summed E-state index contributed by atoms with van der Waals surface area (Å²) < 4.78 is 6.00. The smallest absolute Gasteiger partial charge is 0.123 e. The van der Waals surface area contributed by atoms with E-state index in [1.54, 1.807) is 0 Å². The van der Waals surface area contributed by atoms with E-state index in [1.165, 1.54) is 5.56 Å². The van der Waals surface area contributed by atoms with Gasteiger partial charge < -0.3 is 9.84 Å². The number of fused-ring (bicyclic) bond motifs is 1. The van der Waals surface area contributed by atoms with Gasteiger partial charge in [0.1, 0.15) is 11.9 Å². The molecule has 20 heavy (non-hydrogen) atoms. The van der Waals surface area contributed by atoms with Gasteiger partial charge in [-0.1, -0.05) is 25.4 Å². The molecule has 1 aliphatic heterocycles. The van der Waals surface area contributed by atoms with Crippen molar-refractivity contribution in [3.05, 3.63) is 28.8 Å². The standard InChI is InChI=1S/C16H24ClNO2/c1-3-14(4-2)18(7-8-19)11-15-10-12-9-13(17)5-6-16(12)20-15/h5-6,9,14-15,19H,3-4,7-8,10-11H2,1-2H3. The van der Waals surface area contributed by atoms with Crippen molar-refractivity contribution in [1.82, 2.24) is 4.90 Å². The molecule has 0 bridgehead atoms. The average Bonchev–Trinajstić information content (AvgIpc) is 2.81. The zero-order valence-corrected chi connectivity index (χ0v) is 13.1. The van der Waals surface area contributed by atoms with Gasteiger partial charge in [-0.2, -0.15) is 0 Å². The number of aliphatic hydroxyl groups is 1. The number of benzene rings is 1. The summed E-state index contributed by atoms with van der Waals surface area (Å²) in [6.07, 6.45) is 3.26. The predicted octanol–water partition coefficient (Wildman–Crippen LogP) is 3.13. The first kappa shape index (κ1) is 15.6. The molecule has 0 radical (unpaired) electrons. The van der Waals surface area contributed by atoms with Crippen molar-refractivity contribution in [3.8, 4) is 5.75 Å². The lowest BCUT2D eigenvalue weighted by molar-refractivity contribution is 0.0921. The molecule has 1 aromatic carbocycles. The molecule has 4 heteroatoms. The number of rotatable bonds is 7. The molecule has 1 aliphatic rings. The molecular formula is C16H24ClNO2. The van der Waals surface area contributed by atoms with Gasteiger partial charge in [-0.05, 0) is 36.6 Å². The Kier molecular flexibility index (Phi) is 5.70. The predicted molar refractivity (Wildman–Crippen MR) is 82.6 cm³/mol. The van der Waals surface area contributed by atoms with Crippen LogP contribution in [0.1, 0.15) is 32.3 Å². The van der Waals surface area contributed by atoms with Crippen molar-refractivity contribution >= 4 is 11.6 Å². The summed E-state index contributed by atoms with van der Waals surface area (Å²) in [6, 6.07) is 6.32. The van der Waals surface area contributed by atoms with Crippen LogP contribution in [0.4, 0.5) is 0 Å². The van der Waals surface area contributed by atoms with Crippen molar-refractivity contribution in [2.45, 2.75) is 45.3 Å². The summed E-state index contributed by atoms with van der Waals surface area (Å²) in [5.41, 5.74) is 1.19. The van der Waals surface area contributed by atoms with Crippen LogP contribution in [0.2, 0.25) is 5.02 Å². The Morgan fingerprint density at radius 1 is 1.40 bits per heavy atom.